The highest BCUT2D eigenvalue weighted by molar-refractivity contribution is 5.75. The van der Waals surface area contributed by atoms with Gasteiger partial charge in [-0.25, -0.2) is 4.79 Å². The van der Waals surface area contributed by atoms with Crippen LogP contribution in [0, 0.1) is 5.92 Å². The number of rotatable bonds is 3. The van der Waals surface area contributed by atoms with Crippen molar-refractivity contribution in [3.63, 3.8) is 0 Å². The van der Waals surface area contributed by atoms with E-state index >= 15 is 0 Å². The molecule has 1 saturated heterocycles. The van der Waals surface area contributed by atoms with Crippen molar-refractivity contribution in [3.8, 4) is 0 Å². The smallest absolute Gasteiger partial charge is 0.335 e. The molecule has 2 N–H and O–H groups in total. The molecular formula is C13H23NO3. The van der Waals surface area contributed by atoms with Crippen molar-refractivity contribution in [3.05, 3.63) is 0 Å². The molecule has 1 aliphatic carbocycles. The molecule has 1 heterocycles. The van der Waals surface area contributed by atoms with Crippen LogP contribution in [-0.2, 0) is 14.3 Å². The Bertz CT molecular complexity index is 261. The van der Waals surface area contributed by atoms with Crippen LogP contribution in [0.4, 0.5) is 0 Å². The molecule has 2 fully saturated rings. The molecule has 2 aliphatic rings. The van der Waals surface area contributed by atoms with Crippen LogP contribution in [0.1, 0.15) is 45.4 Å². The fourth-order valence-electron chi connectivity index (χ4n) is 2.64. The fraction of sp³-hybridized carbons (Fsp3) is 0.923. The fourth-order valence-corrected chi connectivity index (χ4v) is 2.64. The van der Waals surface area contributed by atoms with Gasteiger partial charge < -0.3 is 15.2 Å². The molecule has 98 valence electrons. The highest BCUT2D eigenvalue weighted by atomic mass is 16.6. The molecule has 0 aromatic carbocycles. The third-order valence-electron chi connectivity index (χ3n) is 3.88. The minimum absolute atomic E-state index is 0.0407. The molecule has 0 spiro atoms. The van der Waals surface area contributed by atoms with Crippen molar-refractivity contribution in [2.75, 3.05) is 6.54 Å². The van der Waals surface area contributed by atoms with Gasteiger partial charge in [-0.3, -0.25) is 0 Å². The Balaban J connectivity index is 1.74. The van der Waals surface area contributed by atoms with E-state index < -0.39 is 0 Å². The number of carbonyl (C=O) groups excluding carboxylic acids is 1. The van der Waals surface area contributed by atoms with Crippen LogP contribution in [0.2, 0.25) is 0 Å². The van der Waals surface area contributed by atoms with E-state index in [-0.39, 0.29) is 24.3 Å². The number of nitrogens with two attached hydrogens (primary N) is 1. The first-order valence-corrected chi connectivity index (χ1v) is 6.75. The monoisotopic (exact) mass is 241 g/mol. The van der Waals surface area contributed by atoms with Crippen LogP contribution in [0.5, 0.6) is 0 Å². The molecular weight excluding hydrogens is 218 g/mol. The Hall–Kier alpha value is -0.610. The summed E-state index contributed by atoms with van der Waals surface area (Å²) in [6.07, 6.45) is 5.73. The first-order chi connectivity index (χ1) is 8.19. The van der Waals surface area contributed by atoms with Gasteiger partial charge in [0, 0.05) is 6.54 Å². The predicted molar refractivity (Wildman–Crippen MR) is 64.5 cm³/mol. The Morgan fingerprint density at radius 3 is 2.53 bits per heavy atom. The van der Waals surface area contributed by atoms with Crippen molar-refractivity contribution in [2.24, 2.45) is 11.7 Å². The lowest BCUT2D eigenvalue weighted by Gasteiger charge is -2.26. The van der Waals surface area contributed by atoms with E-state index in [1.165, 1.54) is 0 Å². The summed E-state index contributed by atoms with van der Waals surface area (Å²) < 4.78 is 11.0. The van der Waals surface area contributed by atoms with Crippen LogP contribution in [0.25, 0.3) is 0 Å². The van der Waals surface area contributed by atoms with Gasteiger partial charge in [0.25, 0.3) is 0 Å². The van der Waals surface area contributed by atoms with Crippen LogP contribution >= 0.6 is 0 Å². The van der Waals surface area contributed by atoms with Gasteiger partial charge in [0.15, 0.2) is 6.10 Å². The van der Waals surface area contributed by atoms with Crippen molar-refractivity contribution in [2.45, 2.75) is 63.8 Å². The normalized spacial score (nSPS) is 38.0. The lowest BCUT2D eigenvalue weighted by Crippen LogP contribution is -2.31. The second-order valence-electron chi connectivity index (χ2n) is 5.38. The molecule has 0 amide bonds. The molecule has 2 unspecified atom stereocenters. The molecule has 0 bridgehead atoms. The Labute approximate surface area is 103 Å². The zero-order chi connectivity index (χ0) is 12.3. The summed E-state index contributed by atoms with van der Waals surface area (Å²) in [5, 5.41) is 0. The largest absolute Gasteiger partial charge is 0.460 e. The van der Waals surface area contributed by atoms with Gasteiger partial charge in [-0.2, -0.15) is 0 Å². The van der Waals surface area contributed by atoms with Gasteiger partial charge >= 0.3 is 5.97 Å². The number of hydrogen-bond donors (Lipinski definition) is 1. The molecule has 2 atom stereocenters. The SMILES string of the molecule is CC1CCC(OC(=O)C2CCC(CN)O2)CC1. The highest BCUT2D eigenvalue weighted by Crippen LogP contribution is 2.27. The second kappa shape index (κ2) is 5.83. The molecule has 0 aromatic rings. The summed E-state index contributed by atoms with van der Waals surface area (Å²) in [6, 6.07) is 0. The van der Waals surface area contributed by atoms with E-state index in [1.807, 2.05) is 0 Å². The van der Waals surface area contributed by atoms with E-state index in [4.69, 9.17) is 15.2 Å². The molecule has 0 aromatic heterocycles. The summed E-state index contributed by atoms with van der Waals surface area (Å²) in [4.78, 5) is 11.9. The van der Waals surface area contributed by atoms with Crippen molar-refractivity contribution < 1.29 is 14.3 Å². The zero-order valence-corrected chi connectivity index (χ0v) is 10.6. The minimum atomic E-state index is -0.372. The molecule has 1 aliphatic heterocycles. The van der Waals surface area contributed by atoms with Gasteiger partial charge in [-0.15, -0.1) is 0 Å². The maximum atomic E-state index is 11.9. The Morgan fingerprint density at radius 2 is 1.94 bits per heavy atom. The number of hydrogen-bond acceptors (Lipinski definition) is 4. The molecule has 4 heteroatoms. The van der Waals surface area contributed by atoms with Gasteiger partial charge in [0.05, 0.1) is 6.10 Å². The molecule has 1 saturated carbocycles. The number of esters is 1. The first kappa shape index (κ1) is 12.8. The van der Waals surface area contributed by atoms with Crippen LogP contribution in [0.3, 0.4) is 0 Å². The van der Waals surface area contributed by atoms with Crippen LogP contribution in [0.15, 0.2) is 0 Å². The summed E-state index contributed by atoms with van der Waals surface area (Å²) in [7, 11) is 0. The van der Waals surface area contributed by atoms with Gasteiger partial charge in [0.2, 0.25) is 0 Å². The average molecular weight is 241 g/mol. The van der Waals surface area contributed by atoms with Crippen molar-refractivity contribution >= 4 is 5.97 Å². The molecule has 4 nitrogen and oxygen atoms in total. The standard InChI is InChI=1S/C13H23NO3/c1-9-2-4-10(5-3-9)17-13(15)12-7-6-11(8-14)16-12/h9-12H,2-8,14H2,1H3. The third kappa shape index (κ3) is 3.42. The van der Waals surface area contributed by atoms with E-state index in [1.54, 1.807) is 0 Å². The van der Waals surface area contributed by atoms with E-state index in [2.05, 4.69) is 6.92 Å². The summed E-state index contributed by atoms with van der Waals surface area (Å²) >= 11 is 0. The van der Waals surface area contributed by atoms with E-state index in [0.29, 0.717) is 6.54 Å². The molecule has 0 radical (unpaired) electrons. The minimum Gasteiger partial charge on any atom is -0.460 e. The van der Waals surface area contributed by atoms with Gasteiger partial charge in [-0.1, -0.05) is 6.92 Å². The molecule has 17 heavy (non-hydrogen) atoms. The number of ether oxygens (including phenoxy) is 2. The van der Waals surface area contributed by atoms with E-state index in [0.717, 1.165) is 44.4 Å². The Morgan fingerprint density at radius 1 is 1.24 bits per heavy atom. The number of carbonyl (C=O) groups is 1. The average Bonchev–Trinajstić information content (AvgIpc) is 2.81. The summed E-state index contributed by atoms with van der Waals surface area (Å²) in [6.45, 7) is 2.74. The van der Waals surface area contributed by atoms with Crippen molar-refractivity contribution in [1.82, 2.24) is 0 Å². The lowest BCUT2D eigenvalue weighted by atomic mass is 9.89. The van der Waals surface area contributed by atoms with Crippen LogP contribution < -0.4 is 5.73 Å². The van der Waals surface area contributed by atoms with Crippen LogP contribution in [-0.4, -0.2) is 30.8 Å². The predicted octanol–water partition coefficient (Wildman–Crippen LogP) is 1.61. The van der Waals surface area contributed by atoms with E-state index in [9.17, 15) is 4.79 Å². The lowest BCUT2D eigenvalue weighted by molar-refractivity contribution is -0.163. The first-order valence-electron chi connectivity index (χ1n) is 6.75. The summed E-state index contributed by atoms with van der Waals surface area (Å²) in [5.74, 6) is 0.592. The van der Waals surface area contributed by atoms with Gasteiger partial charge in [-0.05, 0) is 44.4 Å². The Kier molecular flexibility index (Phi) is 4.40. The third-order valence-corrected chi connectivity index (χ3v) is 3.88. The molecule has 2 rings (SSSR count). The quantitative estimate of drug-likeness (QED) is 0.763. The maximum Gasteiger partial charge on any atom is 0.335 e. The zero-order valence-electron chi connectivity index (χ0n) is 10.6. The van der Waals surface area contributed by atoms with Crippen molar-refractivity contribution in [1.29, 1.82) is 0 Å². The maximum absolute atomic E-state index is 11.9. The van der Waals surface area contributed by atoms with Gasteiger partial charge in [0.1, 0.15) is 6.10 Å². The highest BCUT2D eigenvalue weighted by Gasteiger charge is 2.33. The summed E-state index contributed by atoms with van der Waals surface area (Å²) in [5.41, 5.74) is 5.52. The topological polar surface area (TPSA) is 61.5 Å². The second-order valence-corrected chi connectivity index (χ2v) is 5.38.